The van der Waals surface area contributed by atoms with Gasteiger partial charge in [-0.25, -0.2) is 0 Å². The molecule has 13 heavy (non-hydrogen) atoms. The van der Waals surface area contributed by atoms with Crippen molar-refractivity contribution in [3.63, 3.8) is 0 Å². The zero-order valence-electron chi connectivity index (χ0n) is 8.80. The Morgan fingerprint density at radius 3 is 2.08 bits per heavy atom. The van der Waals surface area contributed by atoms with E-state index in [9.17, 15) is 0 Å². The normalized spacial score (nSPS) is 8.62. The minimum Gasteiger partial charge on any atom is -0.388 e. The maximum atomic E-state index is 5.42. The van der Waals surface area contributed by atoms with E-state index < -0.39 is 0 Å². The number of rotatable bonds is 3. The molecule has 0 spiro atoms. The van der Waals surface area contributed by atoms with Crippen molar-refractivity contribution in [1.29, 1.82) is 0 Å². The van der Waals surface area contributed by atoms with Gasteiger partial charge in [-0.2, -0.15) is 0 Å². The van der Waals surface area contributed by atoms with Gasteiger partial charge in [-0.3, -0.25) is 0 Å². The smallest absolute Gasteiger partial charge is 0.0337 e. The van der Waals surface area contributed by atoms with E-state index in [0.717, 1.165) is 18.7 Å². The van der Waals surface area contributed by atoms with E-state index in [2.05, 4.69) is 29.6 Å². The molecule has 74 valence electrons. The summed E-state index contributed by atoms with van der Waals surface area (Å²) >= 11 is 0. The summed E-state index contributed by atoms with van der Waals surface area (Å²) in [6.07, 6.45) is 0.962. The Morgan fingerprint density at radius 1 is 1.15 bits per heavy atom. The zero-order valence-corrected chi connectivity index (χ0v) is 8.80. The van der Waals surface area contributed by atoms with Crippen LogP contribution >= 0.6 is 0 Å². The van der Waals surface area contributed by atoms with Gasteiger partial charge in [-0.15, -0.1) is 0 Å². The second kappa shape index (κ2) is 7.62. The lowest BCUT2D eigenvalue weighted by molar-refractivity contribution is 0.969. The molecule has 0 fully saturated rings. The minimum atomic E-state index is 0.721. The molecule has 1 aromatic carbocycles. The van der Waals surface area contributed by atoms with Gasteiger partial charge in [0, 0.05) is 12.7 Å². The quantitative estimate of drug-likeness (QED) is 0.748. The van der Waals surface area contributed by atoms with Crippen LogP contribution in [0.5, 0.6) is 0 Å². The molecule has 0 aliphatic rings. The first-order valence-electron chi connectivity index (χ1n) is 4.83. The van der Waals surface area contributed by atoms with Crippen LogP contribution in [0.25, 0.3) is 0 Å². The first-order chi connectivity index (χ1) is 6.36. The van der Waals surface area contributed by atoms with Gasteiger partial charge in [0.2, 0.25) is 0 Å². The van der Waals surface area contributed by atoms with Crippen LogP contribution in [-0.4, -0.2) is 13.6 Å². The molecular formula is C11H20N2. The summed E-state index contributed by atoms with van der Waals surface area (Å²) in [5.74, 6) is 0. The topological polar surface area (TPSA) is 38.0 Å². The predicted octanol–water partition coefficient (Wildman–Crippen LogP) is 2.26. The summed E-state index contributed by atoms with van der Waals surface area (Å²) in [5, 5.41) is 3.07. The minimum absolute atomic E-state index is 0.721. The Balaban J connectivity index is 0.000000671. The molecule has 1 aromatic rings. The predicted molar refractivity (Wildman–Crippen MR) is 60.1 cm³/mol. The van der Waals surface area contributed by atoms with Crippen molar-refractivity contribution >= 4 is 5.69 Å². The van der Waals surface area contributed by atoms with Crippen molar-refractivity contribution in [2.24, 2.45) is 5.73 Å². The highest BCUT2D eigenvalue weighted by molar-refractivity contribution is 5.43. The van der Waals surface area contributed by atoms with Gasteiger partial charge < -0.3 is 11.1 Å². The third-order valence-corrected chi connectivity index (χ3v) is 1.68. The molecule has 0 saturated carbocycles. The average molecular weight is 180 g/mol. The lowest BCUT2D eigenvalue weighted by Crippen LogP contribution is -2.02. The summed E-state index contributed by atoms with van der Waals surface area (Å²) in [6, 6.07) is 8.31. The maximum absolute atomic E-state index is 5.42. The van der Waals surface area contributed by atoms with Gasteiger partial charge in [0.05, 0.1) is 0 Å². The van der Waals surface area contributed by atoms with Crippen molar-refractivity contribution in [3.05, 3.63) is 29.8 Å². The van der Waals surface area contributed by atoms with Crippen LogP contribution in [-0.2, 0) is 6.42 Å². The Morgan fingerprint density at radius 2 is 1.69 bits per heavy atom. The second-order valence-corrected chi connectivity index (χ2v) is 2.49. The van der Waals surface area contributed by atoms with Gasteiger partial charge in [0.25, 0.3) is 0 Å². The van der Waals surface area contributed by atoms with E-state index in [-0.39, 0.29) is 0 Å². The third-order valence-electron chi connectivity index (χ3n) is 1.68. The molecular weight excluding hydrogens is 160 g/mol. The molecule has 0 aliphatic carbocycles. The fourth-order valence-electron chi connectivity index (χ4n) is 1.00. The standard InChI is InChI=1S/C9H14N2.C2H6/c1-11-9-4-2-8(3-5-9)6-7-10;1-2/h2-5,11H,6-7,10H2,1H3;1-2H3. The van der Waals surface area contributed by atoms with Crippen LogP contribution in [0.4, 0.5) is 5.69 Å². The lowest BCUT2D eigenvalue weighted by Gasteiger charge is -2.01. The lowest BCUT2D eigenvalue weighted by atomic mass is 10.1. The number of hydrogen-bond donors (Lipinski definition) is 2. The van der Waals surface area contributed by atoms with Crippen molar-refractivity contribution in [1.82, 2.24) is 0 Å². The average Bonchev–Trinajstić information content (AvgIpc) is 2.23. The third kappa shape index (κ3) is 4.53. The molecule has 2 nitrogen and oxygen atoms in total. The molecule has 0 aromatic heterocycles. The van der Waals surface area contributed by atoms with Gasteiger partial charge in [-0.05, 0) is 30.7 Å². The molecule has 3 N–H and O–H groups in total. The fraction of sp³-hybridized carbons (Fsp3) is 0.455. The monoisotopic (exact) mass is 180 g/mol. The van der Waals surface area contributed by atoms with E-state index >= 15 is 0 Å². The molecule has 0 heterocycles. The Kier molecular flexibility index (Phi) is 7.02. The van der Waals surface area contributed by atoms with Gasteiger partial charge in [-0.1, -0.05) is 26.0 Å². The van der Waals surface area contributed by atoms with Crippen LogP contribution in [0.1, 0.15) is 19.4 Å². The highest BCUT2D eigenvalue weighted by Gasteiger charge is 1.90. The van der Waals surface area contributed by atoms with E-state index in [1.807, 2.05) is 20.9 Å². The highest BCUT2D eigenvalue weighted by atomic mass is 14.8. The number of hydrogen-bond acceptors (Lipinski definition) is 2. The summed E-state index contributed by atoms with van der Waals surface area (Å²) in [5.41, 5.74) is 7.86. The van der Waals surface area contributed by atoms with E-state index in [4.69, 9.17) is 5.73 Å². The Bertz CT molecular complexity index is 204. The molecule has 0 aliphatic heterocycles. The molecule has 0 unspecified atom stereocenters. The van der Waals surface area contributed by atoms with Crippen LogP contribution in [0, 0.1) is 0 Å². The first-order valence-corrected chi connectivity index (χ1v) is 4.83. The van der Waals surface area contributed by atoms with Crippen LogP contribution in [0.3, 0.4) is 0 Å². The Labute approximate surface area is 81.2 Å². The van der Waals surface area contributed by atoms with E-state index in [1.165, 1.54) is 5.56 Å². The van der Waals surface area contributed by atoms with Gasteiger partial charge >= 0.3 is 0 Å². The van der Waals surface area contributed by atoms with Crippen molar-refractivity contribution < 1.29 is 0 Å². The van der Waals surface area contributed by atoms with Crippen LogP contribution in [0.2, 0.25) is 0 Å². The SMILES string of the molecule is CC.CNc1ccc(CCN)cc1. The molecule has 2 heteroatoms. The van der Waals surface area contributed by atoms with Crippen LogP contribution in [0.15, 0.2) is 24.3 Å². The van der Waals surface area contributed by atoms with Crippen LogP contribution < -0.4 is 11.1 Å². The number of nitrogens with one attached hydrogen (secondary N) is 1. The summed E-state index contributed by atoms with van der Waals surface area (Å²) in [6.45, 7) is 4.72. The van der Waals surface area contributed by atoms with Crippen molar-refractivity contribution in [3.8, 4) is 0 Å². The number of benzene rings is 1. The van der Waals surface area contributed by atoms with Crippen molar-refractivity contribution in [2.75, 3.05) is 18.9 Å². The van der Waals surface area contributed by atoms with Crippen molar-refractivity contribution in [2.45, 2.75) is 20.3 Å². The molecule has 1 rings (SSSR count). The molecule has 0 atom stereocenters. The van der Waals surface area contributed by atoms with E-state index in [1.54, 1.807) is 0 Å². The zero-order chi connectivity index (χ0) is 10.1. The molecule has 0 saturated heterocycles. The largest absolute Gasteiger partial charge is 0.388 e. The van der Waals surface area contributed by atoms with E-state index in [0.29, 0.717) is 0 Å². The fourth-order valence-corrected chi connectivity index (χ4v) is 1.00. The maximum Gasteiger partial charge on any atom is 0.0337 e. The van der Waals surface area contributed by atoms with Gasteiger partial charge in [0.15, 0.2) is 0 Å². The number of anilines is 1. The second-order valence-electron chi connectivity index (χ2n) is 2.49. The molecule has 0 radical (unpaired) electrons. The summed E-state index contributed by atoms with van der Waals surface area (Å²) in [7, 11) is 1.91. The summed E-state index contributed by atoms with van der Waals surface area (Å²) in [4.78, 5) is 0. The number of nitrogens with two attached hydrogens (primary N) is 1. The summed E-state index contributed by atoms with van der Waals surface area (Å²) < 4.78 is 0. The molecule has 0 bridgehead atoms. The molecule has 0 amide bonds. The highest BCUT2D eigenvalue weighted by Crippen LogP contribution is 2.08. The van der Waals surface area contributed by atoms with Gasteiger partial charge in [0.1, 0.15) is 0 Å². The first kappa shape index (κ1) is 12.0. The Hall–Kier alpha value is -1.02.